The summed E-state index contributed by atoms with van der Waals surface area (Å²) in [5.41, 5.74) is 1.51. The summed E-state index contributed by atoms with van der Waals surface area (Å²) >= 11 is 0. The van der Waals surface area contributed by atoms with Crippen LogP contribution in [0.3, 0.4) is 0 Å². The molecule has 0 spiro atoms. The molecular weight excluding hydrogens is 779 g/mol. The average molecular weight is 852 g/mol. The van der Waals surface area contributed by atoms with Crippen molar-refractivity contribution in [1.82, 2.24) is 25.3 Å². The van der Waals surface area contributed by atoms with E-state index in [-0.39, 0.29) is 54.5 Å². The molecule has 61 heavy (non-hydrogen) atoms. The number of likely N-dealkylation sites (N-methyl/N-ethyl adjacent to an activating group) is 2. The van der Waals surface area contributed by atoms with Crippen molar-refractivity contribution in [1.29, 1.82) is 0 Å². The Bertz CT molecular complexity index is 1700. The first kappa shape index (κ1) is 50.8. The van der Waals surface area contributed by atoms with E-state index in [0.717, 1.165) is 12.0 Å². The van der Waals surface area contributed by atoms with Gasteiger partial charge in [-0.15, -0.1) is 0 Å². The van der Waals surface area contributed by atoms with Crippen molar-refractivity contribution < 1.29 is 43.3 Å². The molecule has 3 rings (SSSR count). The van der Waals surface area contributed by atoms with Crippen LogP contribution >= 0.6 is 0 Å². The summed E-state index contributed by atoms with van der Waals surface area (Å²) in [6.45, 7) is 15.4. The predicted molar refractivity (Wildman–Crippen MR) is 235 cm³/mol. The Morgan fingerprint density at radius 2 is 1.43 bits per heavy atom. The standard InChI is InChI=1S/C47H73N5O9/c1-13-31(6)41(50(9)46(57)39(29(2)3)49-45(56)40(30(4)5)51(10)47(58)61-28-34-21-16-14-17-22-34)37(59-11)27-38(53)52-26-20-25-36(52)43(60-12)32(7)44(55)48-33(8)42(54)35-23-18-15-19-24-35/h14-19,21-24,29-33,36-37,39-43,54H,13,20,25-28H2,1-12H3,(H,48,55)(H,49,56)/t31-,32+,33+,36-,37+,39-,40-,41-,42+,43+/m0/s1. The maximum Gasteiger partial charge on any atom is 0.410 e. The van der Waals surface area contributed by atoms with Crippen molar-refractivity contribution in [3.8, 4) is 0 Å². The number of aliphatic hydroxyl groups excluding tert-OH is 1. The van der Waals surface area contributed by atoms with Gasteiger partial charge in [0.25, 0.3) is 0 Å². The number of carbonyl (C=O) groups excluding carboxylic acids is 5. The molecule has 0 saturated carbocycles. The predicted octanol–water partition coefficient (Wildman–Crippen LogP) is 5.58. The lowest BCUT2D eigenvalue weighted by molar-refractivity contribution is -0.148. The normalized spacial score (nSPS) is 18.5. The highest BCUT2D eigenvalue weighted by Gasteiger charge is 2.43. The molecule has 1 heterocycles. The third-order valence-electron chi connectivity index (χ3n) is 12.3. The number of likely N-dealkylation sites (tertiary alicyclic amines) is 1. The molecular formula is C47H73N5O9. The van der Waals surface area contributed by atoms with E-state index in [0.29, 0.717) is 24.9 Å². The highest BCUT2D eigenvalue weighted by Crippen LogP contribution is 2.30. The number of aliphatic hydroxyl groups is 1. The number of hydrogen-bond acceptors (Lipinski definition) is 9. The van der Waals surface area contributed by atoms with Gasteiger partial charge in [-0.2, -0.15) is 0 Å². The number of methoxy groups -OCH3 is 2. The van der Waals surface area contributed by atoms with Crippen molar-refractivity contribution >= 4 is 29.7 Å². The van der Waals surface area contributed by atoms with Gasteiger partial charge in [0, 0.05) is 34.9 Å². The minimum atomic E-state index is -0.943. The number of rotatable bonds is 22. The minimum Gasteiger partial charge on any atom is -0.445 e. The molecule has 2 aromatic rings. The molecule has 2 aromatic carbocycles. The SMILES string of the molecule is CC[C@H](C)[C@@H]([C@@H](CC(=O)N1CCC[C@H]1[C@H](OC)[C@@H](C)C(=O)N[C@H](C)[C@@H](O)c1ccccc1)OC)N(C)C(=O)[C@@H](NC(=O)[C@H](C(C)C)N(C)C(=O)OCc1ccccc1)C(C)C. The summed E-state index contributed by atoms with van der Waals surface area (Å²) in [6, 6.07) is 15.1. The van der Waals surface area contributed by atoms with E-state index in [9.17, 15) is 29.1 Å². The van der Waals surface area contributed by atoms with Crippen molar-refractivity contribution in [2.75, 3.05) is 34.9 Å². The van der Waals surface area contributed by atoms with E-state index < -0.39 is 60.4 Å². The van der Waals surface area contributed by atoms with Gasteiger partial charge in [0.1, 0.15) is 18.7 Å². The summed E-state index contributed by atoms with van der Waals surface area (Å²) in [7, 11) is 6.27. The monoisotopic (exact) mass is 852 g/mol. The molecule has 14 heteroatoms. The molecule has 14 nitrogen and oxygen atoms in total. The van der Waals surface area contributed by atoms with Crippen LogP contribution in [-0.2, 0) is 40.0 Å². The molecule has 1 aliphatic heterocycles. The van der Waals surface area contributed by atoms with Crippen LogP contribution in [0.25, 0.3) is 0 Å². The minimum absolute atomic E-state index is 0.0268. The van der Waals surface area contributed by atoms with Gasteiger partial charge in [0.15, 0.2) is 0 Å². The Balaban J connectivity index is 1.75. The fraction of sp³-hybridized carbons (Fsp3) is 0.638. The third-order valence-corrected chi connectivity index (χ3v) is 12.3. The number of carbonyl (C=O) groups is 5. The van der Waals surface area contributed by atoms with Crippen molar-refractivity contribution in [2.45, 2.75) is 136 Å². The molecule has 5 amide bonds. The average Bonchev–Trinajstić information content (AvgIpc) is 3.74. The number of hydrogen-bond donors (Lipinski definition) is 3. The van der Waals surface area contributed by atoms with Crippen LogP contribution in [0.4, 0.5) is 4.79 Å². The fourth-order valence-electron chi connectivity index (χ4n) is 8.51. The van der Waals surface area contributed by atoms with Gasteiger partial charge in [0.2, 0.25) is 23.6 Å². The summed E-state index contributed by atoms with van der Waals surface area (Å²) in [6.07, 6.45) is -0.842. The van der Waals surface area contributed by atoms with Crippen LogP contribution in [0.5, 0.6) is 0 Å². The topological polar surface area (TPSA) is 167 Å². The fourth-order valence-corrected chi connectivity index (χ4v) is 8.51. The van der Waals surface area contributed by atoms with Crippen LogP contribution in [-0.4, -0.2) is 127 Å². The lowest BCUT2D eigenvalue weighted by Gasteiger charge is -2.41. The van der Waals surface area contributed by atoms with Gasteiger partial charge >= 0.3 is 6.09 Å². The Morgan fingerprint density at radius 1 is 0.820 bits per heavy atom. The molecule has 1 aliphatic rings. The number of benzene rings is 2. The first-order chi connectivity index (χ1) is 28.9. The van der Waals surface area contributed by atoms with Gasteiger partial charge in [-0.3, -0.25) is 24.1 Å². The second-order valence-corrected chi connectivity index (χ2v) is 17.3. The molecule has 3 N–H and O–H groups in total. The van der Waals surface area contributed by atoms with Crippen LogP contribution in [0.1, 0.15) is 98.3 Å². The van der Waals surface area contributed by atoms with Gasteiger partial charge in [-0.05, 0) is 48.6 Å². The molecule has 0 unspecified atom stereocenters. The maximum absolute atomic E-state index is 14.5. The van der Waals surface area contributed by atoms with Gasteiger partial charge in [0.05, 0.1) is 48.8 Å². The van der Waals surface area contributed by atoms with Crippen molar-refractivity contribution in [3.05, 3.63) is 71.8 Å². The molecule has 0 aromatic heterocycles. The molecule has 0 bridgehead atoms. The van der Waals surface area contributed by atoms with Crippen LogP contribution in [0.15, 0.2) is 60.7 Å². The van der Waals surface area contributed by atoms with Gasteiger partial charge < -0.3 is 39.8 Å². The molecule has 10 atom stereocenters. The number of nitrogens with one attached hydrogen (secondary N) is 2. The number of ether oxygens (including phenoxy) is 3. The zero-order chi connectivity index (χ0) is 45.6. The Kier molecular flexibility index (Phi) is 20.2. The highest BCUT2D eigenvalue weighted by molar-refractivity contribution is 5.91. The lowest BCUT2D eigenvalue weighted by Crippen LogP contribution is -2.60. The maximum atomic E-state index is 14.5. The van der Waals surface area contributed by atoms with Crippen molar-refractivity contribution in [2.24, 2.45) is 23.7 Å². The smallest absolute Gasteiger partial charge is 0.410 e. The zero-order valence-corrected chi connectivity index (χ0v) is 38.5. The zero-order valence-electron chi connectivity index (χ0n) is 38.5. The number of amides is 5. The first-order valence-electron chi connectivity index (χ1n) is 21.8. The number of nitrogens with zero attached hydrogens (tertiary/aromatic N) is 3. The Hall–Kier alpha value is -4.53. The van der Waals surface area contributed by atoms with E-state index >= 15 is 0 Å². The van der Waals surface area contributed by atoms with E-state index in [1.165, 1.54) is 26.2 Å². The van der Waals surface area contributed by atoms with Crippen LogP contribution < -0.4 is 10.6 Å². The van der Waals surface area contributed by atoms with E-state index in [2.05, 4.69) is 10.6 Å². The van der Waals surface area contributed by atoms with E-state index in [1.807, 2.05) is 102 Å². The van der Waals surface area contributed by atoms with E-state index in [1.54, 1.807) is 30.7 Å². The van der Waals surface area contributed by atoms with Gasteiger partial charge in [-0.1, -0.05) is 116 Å². The van der Waals surface area contributed by atoms with Gasteiger partial charge in [-0.25, -0.2) is 4.79 Å². The summed E-state index contributed by atoms with van der Waals surface area (Å²) in [5, 5.41) is 16.8. The Labute approximate surface area is 364 Å². The Morgan fingerprint density at radius 3 is 1.97 bits per heavy atom. The van der Waals surface area contributed by atoms with Crippen LogP contribution in [0, 0.1) is 23.7 Å². The molecule has 1 fully saturated rings. The first-order valence-corrected chi connectivity index (χ1v) is 21.8. The lowest BCUT2D eigenvalue weighted by atomic mass is 9.89. The second kappa shape index (κ2) is 24.2. The highest BCUT2D eigenvalue weighted by atomic mass is 16.6. The molecule has 0 aliphatic carbocycles. The van der Waals surface area contributed by atoms with E-state index in [4.69, 9.17) is 14.2 Å². The largest absolute Gasteiger partial charge is 0.445 e. The summed E-state index contributed by atoms with van der Waals surface area (Å²) < 4.78 is 17.5. The van der Waals surface area contributed by atoms with Crippen LogP contribution in [0.2, 0.25) is 0 Å². The molecule has 1 saturated heterocycles. The molecule has 340 valence electrons. The molecule has 0 radical (unpaired) electrons. The second-order valence-electron chi connectivity index (χ2n) is 17.3. The van der Waals surface area contributed by atoms with Crippen molar-refractivity contribution in [3.63, 3.8) is 0 Å². The third kappa shape index (κ3) is 13.5. The summed E-state index contributed by atoms with van der Waals surface area (Å²) in [4.78, 5) is 74.1. The summed E-state index contributed by atoms with van der Waals surface area (Å²) in [5.74, 6) is -2.64. The quantitative estimate of drug-likeness (QED) is 0.137.